The summed E-state index contributed by atoms with van der Waals surface area (Å²) in [5.74, 6) is -2.61. The molecular formula is C21H20FN3O5. The Hall–Kier alpha value is -3.75. The van der Waals surface area contributed by atoms with E-state index in [1.54, 1.807) is 37.3 Å². The van der Waals surface area contributed by atoms with E-state index in [1.807, 2.05) is 0 Å². The second-order valence-corrected chi connectivity index (χ2v) is 6.69. The summed E-state index contributed by atoms with van der Waals surface area (Å²) in [5, 5.41) is 3.21. The smallest absolute Gasteiger partial charge is 0.344 e. The summed E-state index contributed by atoms with van der Waals surface area (Å²) in [6.07, 6.45) is 0.129. The van der Waals surface area contributed by atoms with Crippen LogP contribution in [0.15, 0.2) is 54.6 Å². The number of nitrogens with zero attached hydrogens (tertiary/aromatic N) is 1. The molecule has 0 saturated carbocycles. The summed E-state index contributed by atoms with van der Waals surface area (Å²) >= 11 is 0. The maximum Gasteiger partial charge on any atom is 0.344 e. The van der Waals surface area contributed by atoms with Crippen molar-refractivity contribution in [2.24, 2.45) is 0 Å². The summed E-state index contributed by atoms with van der Waals surface area (Å²) in [6, 6.07) is 13.2. The molecule has 2 N–H and O–H groups in total. The lowest BCUT2D eigenvalue weighted by Crippen LogP contribution is -2.49. The van der Waals surface area contributed by atoms with Crippen LogP contribution in [0.4, 0.5) is 9.18 Å². The number of amides is 4. The van der Waals surface area contributed by atoms with Crippen molar-refractivity contribution in [3.63, 3.8) is 0 Å². The Balaban J connectivity index is 1.58. The lowest BCUT2D eigenvalue weighted by atomic mass is 9.87. The van der Waals surface area contributed by atoms with Crippen LogP contribution < -0.4 is 10.7 Å². The summed E-state index contributed by atoms with van der Waals surface area (Å²) in [7, 11) is 0. The Kier molecular flexibility index (Phi) is 6.10. The fourth-order valence-electron chi connectivity index (χ4n) is 3.16. The molecule has 1 aliphatic rings. The number of carbonyl (C=O) groups excluding carboxylic acids is 4. The number of hydrogen-bond donors (Lipinski definition) is 2. The molecule has 30 heavy (non-hydrogen) atoms. The van der Waals surface area contributed by atoms with Crippen molar-refractivity contribution in [1.82, 2.24) is 15.8 Å². The third-order valence-corrected chi connectivity index (χ3v) is 4.75. The van der Waals surface area contributed by atoms with Gasteiger partial charge in [-0.2, -0.15) is 5.01 Å². The summed E-state index contributed by atoms with van der Waals surface area (Å²) in [5.41, 5.74) is 1.99. The van der Waals surface area contributed by atoms with E-state index in [9.17, 15) is 23.6 Å². The zero-order valence-electron chi connectivity index (χ0n) is 16.2. The number of hydrogen-bond acceptors (Lipinski definition) is 5. The maximum atomic E-state index is 12.9. The van der Waals surface area contributed by atoms with E-state index in [2.05, 4.69) is 10.7 Å². The van der Waals surface area contributed by atoms with Gasteiger partial charge in [0.25, 0.3) is 11.8 Å². The lowest BCUT2D eigenvalue weighted by molar-refractivity contribution is -0.150. The number of benzene rings is 2. The number of halogens is 1. The van der Waals surface area contributed by atoms with Crippen LogP contribution in [0.3, 0.4) is 0 Å². The van der Waals surface area contributed by atoms with Crippen molar-refractivity contribution in [3.8, 4) is 0 Å². The Morgan fingerprint density at radius 3 is 2.40 bits per heavy atom. The van der Waals surface area contributed by atoms with Crippen molar-refractivity contribution >= 4 is 23.8 Å². The fraction of sp³-hybridized carbons (Fsp3) is 0.238. The van der Waals surface area contributed by atoms with E-state index >= 15 is 0 Å². The molecule has 1 saturated heterocycles. The first-order valence-electron chi connectivity index (χ1n) is 9.27. The second-order valence-electron chi connectivity index (χ2n) is 6.69. The number of rotatable bonds is 7. The van der Waals surface area contributed by atoms with Crippen LogP contribution in [-0.2, 0) is 31.1 Å². The molecule has 9 heteroatoms. The normalized spacial score (nSPS) is 18.1. The number of carbonyl (C=O) groups is 4. The van der Waals surface area contributed by atoms with Gasteiger partial charge in [-0.05, 0) is 29.7 Å². The van der Waals surface area contributed by atoms with Crippen LogP contribution in [0.2, 0.25) is 0 Å². The Labute approximate surface area is 172 Å². The number of ether oxygens (including phenoxy) is 1. The number of hydrazine groups is 1. The highest BCUT2D eigenvalue weighted by atomic mass is 19.1. The van der Waals surface area contributed by atoms with E-state index in [1.165, 1.54) is 24.3 Å². The molecule has 0 aliphatic carbocycles. The van der Waals surface area contributed by atoms with Crippen molar-refractivity contribution in [2.45, 2.75) is 25.3 Å². The minimum atomic E-state index is -1.29. The number of urea groups is 1. The first-order valence-corrected chi connectivity index (χ1v) is 9.27. The highest BCUT2D eigenvalue weighted by Crippen LogP contribution is 2.31. The molecule has 1 aliphatic heterocycles. The van der Waals surface area contributed by atoms with Gasteiger partial charge >= 0.3 is 12.0 Å². The minimum absolute atomic E-state index is 0.149. The number of esters is 1. The predicted octanol–water partition coefficient (Wildman–Crippen LogP) is 1.80. The molecule has 1 atom stereocenters. The SMILES string of the molecule is CC[C@]1(c2ccccc2)NC(=O)N(NC(=O)COC(=O)Cc2ccc(F)cc2)C1=O. The second kappa shape index (κ2) is 8.73. The lowest BCUT2D eigenvalue weighted by Gasteiger charge is -2.25. The summed E-state index contributed by atoms with van der Waals surface area (Å²) < 4.78 is 17.8. The molecule has 4 amide bonds. The average Bonchev–Trinajstić information content (AvgIpc) is 2.99. The van der Waals surface area contributed by atoms with Gasteiger partial charge in [0.15, 0.2) is 6.61 Å². The van der Waals surface area contributed by atoms with E-state index in [0.717, 1.165) is 0 Å². The van der Waals surface area contributed by atoms with E-state index < -0.39 is 41.8 Å². The quantitative estimate of drug-likeness (QED) is 0.532. The zero-order chi connectivity index (χ0) is 21.7. The van der Waals surface area contributed by atoms with Gasteiger partial charge in [-0.1, -0.05) is 49.4 Å². The molecule has 1 fully saturated rings. The molecule has 0 unspecified atom stereocenters. The predicted molar refractivity (Wildman–Crippen MR) is 103 cm³/mol. The maximum absolute atomic E-state index is 12.9. The molecule has 8 nitrogen and oxygen atoms in total. The van der Waals surface area contributed by atoms with Crippen LogP contribution in [0.25, 0.3) is 0 Å². The van der Waals surface area contributed by atoms with E-state index in [4.69, 9.17) is 4.74 Å². The van der Waals surface area contributed by atoms with Crippen molar-refractivity contribution in [2.75, 3.05) is 6.61 Å². The largest absolute Gasteiger partial charge is 0.455 e. The molecular weight excluding hydrogens is 393 g/mol. The van der Waals surface area contributed by atoms with Crippen LogP contribution in [-0.4, -0.2) is 35.4 Å². The van der Waals surface area contributed by atoms with E-state index in [0.29, 0.717) is 16.1 Å². The molecule has 156 valence electrons. The van der Waals surface area contributed by atoms with Gasteiger partial charge in [0.05, 0.1) is 6.42 Å². The Bertz CT molecular complexity index is 964. The molecule has 3 rings (SSSR count). The van der Waals surface area contributed by atoms with Gasteiger partial charge in [0.1, 0.15) is 11.4 Å². The van der Waals surface area contributed by atoms with Crippen LogP contribution >= 0.6 is 0 Å². The first kappa shape index (κ1) is 21.0. The van der Waals surface area contributed by atoms with Crippen LogP contribution in [0.5, 0.6) is 0 Å². The average molecular weight is 413 g/mol. The molecule has 1 heterocycles. The highest BCUT2D eigenvalue weighted by molar-refractivity contribution is 6.08. The van der Waals surface area contributed by atoms with Crippen LogP contribution in [0, 0.1) is 5.82 Å². The number of nitrogens with one attached hydrogen (secondary N) is 2. The van der Waals surface area contributed by atoms with Gasteiger partial charge in [-0.3, -0.25) is 19.8 Å². The third kappa shape index (κ3) is 4.29. The van der Waals surface area contributed by atoms with Gasteiger partial charge in [0.2, 0.25) is 0 Å². The summed E-state index contributed by atoms with van der Waals surface area (Å²) in [4.78, 5) is 49.2. The third-order valence-electron chi connectivity index (χ3n) is 4.75. The van der Waals surface area contributed by atoms with Gasteiger partial charge in [-0.15, -0.1) is 0 Å². The first-order chi connectivity index (χ1) is 14.4. The van der Waals surface area contributed by atoms with Gasteiger partial charge < -0.3 is 10.1 Å². The molecule has 0 aromatic heterocycles. The minimum Gasteiger partial charge on any atom is -0.455 e. The fourth-order valence-corrected chi connectivity index (χ4v) is 3.16. The van der Waals surface area contributed by atoms with Crippen molar-refractivity contribution in [1.29, 1.82) is 0 Å². The Morgan fingerprint density at radius 2 is 1.77 bits per heavy atom. The molecule has 0 radical (unpaired) electrons. The van der Waals surface area contributed by atoms with Crippen LogP contribution in [0.1, 0.15) is 24.5 Å². The van der Waals surface area contributed by atoms with Gasteiger partial charge in [0, 0.05) is 0 Å². The monoisotopic (exact) mass is 413 g/mol. The topological polar surface area (TPSA) is 105 Å². The molecule has 2 aromatic carbocycles. The number of imide groups is 1. The zero-order valence-corrected chi connectivity index (χ0v) is 16.2. The summed E-state index contributed by atoms with van der Waals surface area (Å²) in [6.45, 7) is 1.06. The molecule has 0 bridgehead atoms. The van der Waals surface area contributed by atoms with E-state index in [-0.39, 0.29) is 12.8 Å². The van der Waals surface area contributed by atoms with Crippen molar-refractivity contribution in [3.05, 3.63) is 71.5 Å². The standard InChI is InChI=1S/C21H20FN3O5/c1-2-21(15-6-4-3-5-7-15)19(28)25(20(29)23-21)24-17(26)13-30-18(27)12-14-8-10-16(22)11-9-14/h3-11H,2,12-13H2,1H3,(H,23,29)(H,24,26)/t21-/m1/s1. The highest BCUT2D eigenvalue weighted by Gasteiger charge is 2.52. The Morgan fingerprint density at radius 1 is 1.10 bits per heavy atom. The molecule has 0 spiro atoms. The molecule has 2 aromatic rings. The van der Waals surface area contributed by atoms with Gasteiger partial charge in [-0.25, -0.2) is 9.18 Å². The van der Waals surface area contributed by atoms with Crippen molar-refractivity contribution < 1.29 is 28.3 Å².